The number of halogens is 1. The van der Waals surface area contributed by atoms with Crippen LogP contribution >= 0.6 is 12.4 Å². The molecular formula is C13H18ClNO3. The van der Waals surface area contributed by atoms with Crippen molar-refractivity contribution in [1.29, 1.82) is 0 Å². The maximum atomic E-state index is 11.4. The molecule has 1 saturated carbocycles. The summed E-state index contributed by atoms with van der Waals surface area (Å²) in [5.41, 5.74) is 7.00. The molecule has 18 heavy (non-hydrogen) atoms. The highest BCUT2D eigenvalue weighted by atomic mass is 35.5. The molecule has 1 aromatic carbocycles. The zero-order chi connectivity index (χ0) is 12.3. The molecule has 100 valence electrons. The molecule has 1 aliphatic rings. The Bertz CT molecular complexity index is 419. The smallest absolute Gasteiger partial charge is 0.337 e. The zero-order valence-corrected chi connectivity index (χ0v) is 11.2. The molecule has 0 atom stereocenters. The molecule has 0 aromatic heterocycles. The Morgan fingerprint density at radius 3 is 2.72 bits per heavy atom. The van der Waals surface area contributed by atoms with Gasteiger partial charge in [-0.25, -0.2) is 4.79 Å². The Morgan fingerprint density at radius 1 is 1.44 bits per heavy atom. The number of ether oxygens (including phenoxy) is 2. The molecule has 0 heterocycles. The van der Waals surface area contributed by atoms with Crippen LogP contribution in [0.2, 0.25) is 0 Å². The lowest BCUT2D eigenvalue weighted by molar-refractivity contribution is 0.0600. The van der Waals surface area contributed by atoms with Crippen LogP contribution in [0.25, 0.3) is 0 Å². The molecule has 1 aromatic rings. The first-order chi connectivity index (χ1) is 8.24. The third-order valence-corrected chi connectivity index (χ3v) is 2.87. The average molecular weight is 272 g/mol. The predicted octanol–water partition coefficient (Wildman–Crippen LogP) is 2.14. The lowest BCUT2D eigenvalue weighted by Gasteiger charge is -2.11. The molecular weight excluding hydrogens is 254 g/mol. The number of benzene rings is 1. The Morgan fingerprint density at radius 2 is 2.17 bits per heavy atom. The third-order valence-electron chi connectivity index (χ3n) is 2.87. The second-order valence-electron chi connectivity index (χ2n) is 4.27. The van der Waals surface area contributed by atoms with Crippen LogP contribution in [0.3, 0.4) is 0 Å². The first-order valence-electron chi connectivity index (χ1n) is 5.78. The monoisotopic (exact) mass is 271 g/mol. The Kier molecular flexibility index (Phi) is 5.44. The number of hydrogen-bond donors (Lipinski definition) is 1. The van der Waals surface area contributed by atoms with Gasteiger partial charge in [0, 0.05) is 12.1 Å². The van der Waals surface area contributed by atoms with Crippen LogP contribution in [0.15, 0.2) is 18.2 Å². The van der Waals surface area contributed by atoms with Gasteiger partial charge in [0.25, 0.3) is 0 Å². The van der Waals surface area contributed by atoms with Crippen molar-refractivity contribution in [3.63, 3.8) is 0 Å². The molecule has 0 spiro atoms. The molecule has 1 fully saturated rings. The van der Waals surface area contributed by atoms with E-state index in [1.54, 1.807) is 18.2 Å². The lowest BCUT2D eigenvalue weighted by Crippen LogP contribution is -2.08. The average Bonchev–Trinajstić information content (AvgIpc) is 3.19. The summed E-state index contributed by atoms with van der Waals surface area (Å²) < 4.78 is 10.4. The van der Waals surface area contributed by atoms with Crippen molar-refractivity contribution in [2.45, 2.75) is 19.4 Å². The van der Waals surface area contributed by atoms with Crippen molar-refractivity contribution in [3.05, 3.63) is 29.3 Å². The summed E-state index contributed by atoms with van der Waals surface area (Å²) in [6.07, 6.45) is 2.50. The fourth-order valence-electron chi connectivity index (χ4n) is 1.62. The lowest BCUT2D eigenvalue weighted by atomic mass is 10.1. The van der Waals surface area contributed by atoms with Gasteiger partial charge in [-0.2, -0.15) is 0 Å². The largest absolute Gasteiger partial charge is 0.493 e. The van der Waals surface area contributed by atoms with Gasteiger partial charge in [-0.15, -0.1) is 12.4 Å². The number of esters is 1. The standard InChI is InChI=1S/C13H17NO3.ClH/c1-16-13(15)10-4-5-12(11(6-10)7-14)17-8-9-2-3-9;/h4-6,9H,2-3,7-8,14H2,1H3;1H. The zero-order valence-electron chi connectivity index (χ0n) is 10.3. The molecule has 0 unspecified atom stereocenters. The highest BCUT2D eigenvalue weighted by Crippen LogP contribution is 2.30. The van der Waals surface area contributed by atoms with E-state index in [0.717, 1.165) is 17.9 Å². The molecule has 5 heteroatoms. The number of carbonyl (C=O) groups excluding carboxylic acids is 1. The Labute approximate surface area is 113 Å². The van der Waals surface area contributed by atoms with Gasteiger partial charge in [-0.1, -0.05) is 0 Å². The topological polar surface area (TPSA) is 61.5 Å². The molecule has 0 saturated heterocycles. The Hall–Kier alpha value is -1.26. The minimum absolute atomic E-state index is 0. The van der Waals surface area contributed by atoms with E-state index in [9.17, 15) is 4.79 Å². The second kappa shape index (κ2) is 6.61. The fraction of sp³-hybridized carbons (Fsp3) is 0.462. The molecule has 2 N–H and O–H groups in total. The van der Waals surface area contributed by atoms with Crippen molar-refractivity contribution in [3.8, 4) is 5.75 Å². The first-order valence-corrected chi connectivity index (χ1v) is 5.78. The predicted molar refractivity (Wildman–Crippen MR) is 71.1 cm³/mol. The number of carbonyl (C=O) groups is 1. The van der Waals surface area contributed by atoms with Crippen LogP contribution in [0.1, 0.15) is 28.8 Å². The van der Waals surface area contributed by atoms with Crippen LogP contribution < -0.4 is 10.5 Å². The summed E-state index contributed by atoms with van der Waals surface area (Å²) in [5.74, 6) is 1.11. The van der Waals surface area contributed by atoms with Crippen LogP contribution in [0, 0.1) is 5.92 Å². The second-order valence-corrected chi connectivity index (χ2v) is 4.27. The normalized spacial score (nSPS) is 13.7. The van der Waals surface area contributed by atoms with Crippen LogP contribution in [0.5, 0.6) is 5.75 Å². The number of nitrogens with two attached hydrogens (primary N) is 1. The fourth-order valence-corrected chi connectivity index (χ4v) is 1.62. The summed E-state index contributed by atoms with van der Waals surface area (Å²) in [6, 6.07) is 5.22. The minimum Gasteiger partial charge on any atom is -0.493 e. The molecule has 2 rings (SSSR count). The summed E-state index contributed by atoms with van der Waals surface area (Å²) in [4.78, 5) is 11.4. The van der Waals surface area contributed by atoms with Gasteiger partial charge in [0.1, 0.15) is 5.75 Å². The highest BCUT2D eigenvalue weighted by Gasteiger charge is 2.22. The summed E-state index contributed by atoms with van der Waals surface area (Å²) in [6.45, 7) is 1.09. The molecule has 0 aliphatic heterocycles. The van der Waals surface area contributed by atoms with Crippen molar-refractivity contribution < 1.29 is 14.3 Å². The van der Waals surface area contributed by atoms with Gasteiger partial charge in [-0.05, 0) is 37.0 Å². The maximum absolute atomic E-state index is 11.4. The number of methoxy groups -OCH3 is 1. The Balaban J connectivity index is 0.00000162. The van der Waals surface area contributed by atoms with Crippen molar-refractivity contribution in [2.75, 3.05) is 13.7 Å². The van der Waals surface area contributed by atoms with E-state index < -0.39 is 0 Å². The molecule has 0 amide bonds. The quantitative estimate of drug-likeness (QED) is 0.834. The number of hydrogen-bond acceptors (Lipinski definition) is 4. The van der Waals surface area contributed by atoms with Crippen LogP contribution in [-0.2, 0) is 11.3 Å². The van der Waals surface area contributed by atoms with Gasteiger partial charge < -0.3 is 15.2 Å². The van der Waals surface area contributed by atoms with Gasteiger partial charge in [0.2, 0.25) is 0 Å². The summed E-state index contributed by atoms with van der Waals surface area (Å²) >= 11 is 0. The van der Waals surface area contributed by atoms with Crippen molar-refractivity contribution >= 4 is 18.4 Å². The van der Waals surface area contributed by atoms with E-state index in [2.05, 4.69) is 4.74 Å². The SMILES string of the molecule is COC(=O)c1ccc(OCC2CC2)c(CN)c1.Cl. The summed E-state index contributed by atoms with van der Waals surface area (Å²) in [5, 5.41) is 0. The van der Waals surface area contributed by atoms with Gasteiger partial charge in [0.05, 0.1) is 19.3 Å². The van der Waals surface area contributed by atoms with E-state index in [4.69, 9.17) is 10.5 Å². The van der Waals surface area contributed by atoms with Gasteiger partial charge >= 0.3 is 5.97 Å². The van der Waals surface area contributed by atoms with Crippen LogP contribution in [-0.4, -0.2) is 19.7 Å². The molecule has 4 nitrogen and oxygen atoms in total. The van der Waals surface area contributed by atoms with Gasteiger partial charge in [-0.3, -0.25) is 0 Å². The summed E-state index contributed by atoms with van der Waals surface area (Å²) in [7, 11) is 1.36. The highest BCUT2D eigenvalue weighted by molar-refractivity contribution is 5.89. The van der Waals surface area contributed by atoms with E-state index >= 15 is 0 Å². The number of rotatable bonds is 5. The van der Waals surface area contributed by atoms with Crippen LogP contribution in [0.4, 0.5) is 0 Å². The molecule has 0 radical (unpaired) electrons. The molecule has 0 bridgehead atoms. The van der Waals surface area contributed by atoms with E-state index in [-0.39, 0.29) is 18.4 Å². The van der Waals surface area contributed by atoms with E-state index in [1.807, 2.05) is 0 Å². The van der Waals surface area contributed by atoms with Crippen molar-refractivity contribution in [1.82, 2.24) is 0 Å². The van der Waals surface area contributed by atoms with Gasteiger partial charge in [0.15, 0.2) is 0 Å². The molecule has 1 aliphatic carbocycles. The first kappa shape index (κ1) is 14.8. The van der Waals surface area contributed by atoms with E-state index in [1.165, 1.54) is 20.0 Å². The van der Waals surface area contributed by atoms with Crippen molar-refractivity contribution in [2.24, 2.45) is 11.7 Å². The van der Waals surface area contributed by atoms with E-state index in [0.29, 0.717) is 18.0 Å². The third kappa shape index (κ3) is 3.62. The maximum Gasteiger partial charge on any atom is 0.337 e. The minimum atomic E-state index is -0.353.